The monoisotopic (exact) mass is 266 g/mol. The normalized spacial score (nSPS) is 14.4. The van der Waals surface area contributed by atoms with Crippen LogP contribution in [0.2, 0.25) is 0 Å². The highest BCUT2D eigenvalue weighted by molar-refractivity contribution is 4.92. The Labute approximate surface area is 118 Å². The van der Waals surface area contributed by atoms with Gasteiger partial charge in [-0.2, -0.15) is 0 Å². The molecule has 110 valence electrons. The number of nitrogens with one attached hydrogen (secondary N) is 1. The molecule has 0 bridgehead atoms. The third kappa shape index (κ3) is 5.33. The molecule has 0 saturated heterocycles. The van der Waals surface area contributed by atoms with Crippen molar-refractivity contribution in [3.05, 3.63) is 18.2 Å². The van der Waals surface area contributed by atoms with Gasteiger partial charge in [0.25, 0.3) is 0 Å². The van der Waals surface area contributed by atoms with E-state index in [9.17, 15) is 0 Å². The summed E-state index contributed by atoms with van der Waals surface area (Å²) in [7, 11) is 4.23. The summed E-state index contributed by atoms with van der Waals surface area (Å²) in [6.07, 6.45) is 3.86. The third-order valence-corrected chi connectivity index (χ3v) is 3.49. The number of aryl methyl sites for hydroxylation is 1. The second-order valence-corrected chi connectivity index (χ2v) is 6.81. The zero-order valence-corrected chi connectivity index (χ0v) is 13.6. The zero-order valence-electron chi connectivity index (χ0n) is 13.6. The van der Waals surface area contributed by atoms with Crippen molar-refractivity contribution in [1.29, 1.82) is 0 Å². The van der Waals surface area contributed by atoms with E-state index in [0.29, 0.717) is 12.0 Å². The Morgan fingerprint density at radius 1 is 1.37 bits per heavy atom. The molecule has 0 aliphatic carbocycles. The number of aromatic nitrogens is 2. The Balaban J connectivity index is 2.63. The maximum atomic E-state index is 4.41. The van der Waals surface area contributed by atoms with Gasteiger partial charge in [-0.1, -0.05) is 13.8 Å². The quantitative estimate of drug-likeness (QED) is 0.857. The van der Waals surface area contributed by atoms with E-state index in [0.717, 1.165) is 18.9 Å². The molecule has 4 heteroatoms. The van der Waals surface area contributed by atoms with Crippen LogP contribution in [-0.4, -0.2) is 39.6 Å². The second kappa shape index (κ2) is 6.53. The van der Waals surface area contributed by atoms with Crippen molar-refractivity contribution < 1.29 is 0 Å². The molecule has 0 aromatic carbocycles. The van der Waals surface area contributed by atoms with E-state index < -0.39 is 0 Å². The Bertz CT molecular complexity index is 376. The van der Waals surface area contributed by atoms with Gasteiger partial charge < -0.3 is 9.88 Å². The molecule has 0 saturated carbocycles. The predicted octanol–water partition coefficient (Wildman–Crippen LogP) is 2.26. The average molecular weight is 266 g/mol. The summed E-state index contributed by atoms with van der Waals surface area (Å²) in [6, 6.07) is 0.510. The summed E-state index contributed by atoms with van der Waals surface area (Å²) in [4.78, 5) is 6.80. The fraction of sp³-hybridized carbons (Fsp3) is 0.800. The topological polar surface area (TPSA) is 33.1 Å². The summed E-state index contributed by atoms with van der Waals surface area (Å²) in [5.41, 5.74) is 0.164. The molecule has 0 spiro atoms. The molecule has 0 radical (unpaired) electrons. The predicted molar refractivity (Wildman–Crippen MR) is 81.1 cm³/mol. The van der Waals surface area contributed by atoms with Crippen LogP contribution in [0.25, 0.3) is 0 Å². The molecule has 0 aliphatic heterocycles. The van der Waals surface area contributed by atoms with Crippen LogP contribution in [0.1, 0.15) is 40.4 Å². The number of rotatable bonds is 6. The SMILES string of the molecule is CC(C)C(CNC(C)(C)C)N(C)Cc1nccn1C. The lowest BCUT2D eigenvalue weighted by molar-refractivity contribution is 0.165. The molecule has 1 unspecified atom stereocenters. The fourth-order valence-corrected chi connectivity index (χ4v) is 2.20. The van der Waals surface area contributed by atoms with Crippen LogP contribution < -0.4 is 5.32 Å². The third-order valence-electron chi connectivity index (χ3n) is 3.49. The maximum absolute atomic E-state index is 4.41. The van der Waals surface area contributed by atoms with Gasteiger partial charge in [-0.15, -0.1) is 0 Å². The highest BCUT2D eigenvalue weighted by atomic mass is 15.2. The summed E-state index contributed by atoms with van der Waals surface area (Å²) >= 11 is 0. The van der Waals surface area contributed by atoms with Crippen molar-refractivity contribution >= 4 is 0 Å². The van der Waals surface area contributed by atoms with Crippen LogP contribution in [-0.2, 0) is 13.6 Å². The summed E-state index contributed by atoms with van der Waals surface area (Å²) in [6.45, 7) is 13.1. The molecule has 4 nitrogen and oxygen atoms in total. The summed E-state index contributed by atoms with van der Waals surface area (Å²) < 4.78 is 2.09. The fourth-order valence-electron chi connectivity index (χ4n) is 2.20. The number of nitrogens with zero attached hydrogens (tertiary/aromatic N) is 3. The minimum absolute atomic E-state index is 0.164. The van der Waals surface area contributed by atoms with Crippen LogP contribution in [0, 0.1) is 5.92 Å². The van der Waals surface area contributed by atoms with Crippen molar-refractivity contribution in [3.8, 4) is 0 Å². The Morgan fingerprint density at radius 3 is 2.42 bits per heavy atom. The molecule has 0 amide bonds. The number of likely N-dealkylation sites (N-methyl/N-ethyl adjacent to an activating group) is 1. The van der Waals surface area contributed by atoms with E-state index in [-0.39, 0.29) is 5.54 Å². The number of imidazole rings is 1. The van der Waals surface area contributed by atoms with Crippen LogP contribution in [0.3, 0.4) is 0 Å². The molecule has 1 aromatic rings. The molecule has 1 aromatic heterocycles. The Morgan fingerprint density at radius 2 is 2.00 bits per heavy atom. The standard InChI is InChI=1S/C15H30N4/c1-12(2)13(10-17-15(3,4)5)19(7)11-14-16-8-9-18(14)6/h8-9,12-13,17H,10-11H2,1-7H3. The lowest BCUT2D eigenvalue weighted by Gasteiger charge is -2.34. The lowest BCUT2D eigenvalue weighted by atomic mass is 10.0. The first kappa shape index (κ1) is 16.2. The molecule has 1 N–H and O–H groups in total. The smallest absolute Gasteiger partial charge is 0.122 e. The van der Waals surface area contributed by atoms with Crippen LogP contribution in [0.5, 0.6) is 0 Å². The van der Waals surface area contributed by atoms with E-state index in [1.165, 1.54) is 0 Å². The molecule has 19 heavy (non-hydrogen) atoms. The first-order valence-electron chi connectivity index (χ1n) is 7.12. The van der Waals surface area contributed by atoms with E-state index >= 15 is 0 Å². The molecular weight excluding hydrogens is 236 g/mol. The van der Waals surface area contributed by atoms with Gasteiger partial charge in [0.05, 0.1) is 6.54 Å². The van der Waals surface area contributed by atoms with Gasteiger partial charge in [0.15, 0.2) is 0 Å². The van der Waals surface area contributed by atoms with Crippen LogP contribution >= 0.6 is 0 Å². The number of hydrogen-bond acceptors (Lipinski definition) is 3. The second-order valence-electron chi connectivity index (χ2n) is 6.81. The Hall–Kier alpha value is -0.870. The van der Waals surface area contributed by atoms with Crippen LogP contribution in [0.4, 0.5) is 0 Å². The number of hydrogen-bond donors (Lipinski definition) is 1. The molecule has 1 rings (SSSR count). The lowest BCUT2D eigenvalue weighted by Crippen LogP contribution is -2.48. The molecule has 1 atom stereocenters. The van der Waals surface area contributed by atoms with E-state index in [2.05, 4.69) is 61.4 Å². The van der Waals surface area contributed by atoms with E-state index in [1.807, 2.05) is 19.4 Å². The summed E-state index contributed by atoms with van der Waals surface area (Å²) in [5.74, 6) is 1.73. The van der Waals surface area contributed by atoms with Gasteiger partial charge in [0.2, 0.25) is 0 Å². The minimum atomic E-state index is 0.164. The van der Waals surface area contributed by atoms with Crippen molar-refractivity contribution in [3.63, 3.8) is 0 Å². The van der Waals surface area contributed by atoms with Crippen molar-refractivity contribution in [2.75, 3.05) is 13.6 Å². The molecule has 0 fully saturated rings. The van der Waals surface area contributed by atoms with Gasteiger partial charge in [0, 0.05) is 37.6 Å². The highest BCUT2D eigenvalue weighted by Gasteiger charge is 2.21. The van der Waals surface area contributed by atoms with Gasteiger partial charge >= 0.3 is 0 Å². The first-order valence-corrected chi connectivity index (χ1v) is 7.12. The van der Waals surface area contributed by atoms with Crippen molar-refractivity contribution in [2.24, 2.45) is 13.0 Å². The highest BCUT2D eigenvalue weighted by Crippen LogP contribution is 2.13. The Kier molecular flexibility index (Phi) is 5.56. The molecule has 0 aliphatic rings. The van der Waals surface area contributed by atoms with Gasteiger partial charge in [0.1, 0.15) is 5.82 Å². The maximum Gasteiger partial charge on any atom is 0.122 e. The largest absolute Gasteiger partial charge is 0.337 e. The van der Waals surface area contributed by atoms with Gasteiger partial charge in [-0.25, -0.2) is 4.98 Å². The molecule has 1 heterocycles. The van der Waals surface area contributed by atoms with Crippen LogP contribution in [0.15, 0.2) is 12.4 Å². The van der Waals surface area contributed by atoms with Crippen molar-refractivity contribution in [1.82, 2.24) is 19.8 Å². The van der Waals surface area contributed by atoms with Crippen molar-refractivity contribution in [2.45, 2.75) is 52.7 Å². The zero-order chi connectivity index (χ0) is 14.6. The minimum Gasteiger partial charge on any atom is -0.337 e. The average Bonchev–Trinajstić information content (AvgIpc) is 2.62. The van der Waals surface area contributed by atoms with E-state index in [1.54, 1.807) is 0 Å². The molecular formula is C15H30N4. The van der Waals surface area contributed by atoms with Gasteiger partial charge in [-0.3, -0.25) is 4.90 Å². The van der Waals surface area contributed by atoms with Gasteiger partial charge in [-0.05, 0) is 33.7 Å². The summed E-state index contributed by atoms with van der Waals surface area (Å²) in [5, 5.41) is 3.61. The van der Waals surface area contributed by atoms with E-state index in [4.69, 9.17) is 0 Å². The first-order chi connectivity index (χ1) is 8.70.